The third-order valence-electron chi connectivity index (χ3n) is 2.65. The molecule has 5 heteroatoms. The zero-order valence-corrected chi connectivity index (χ0v) is 10.4. The van der Waals surface area contributed by atoms with E-state index in [1.807, 2.05) is 19.6 Å². The highest BCUT2D eigenvalue weighted by atomic mass is 32.2. The predicted molar refractivity (Wildman–Crippen MR) is 53.4 cm³/mol. The lowest BCUT2D eigenvalue weighted by molar-refractivity contribution is 0.385. The molecule has 0 heterocycles. The molecular formula is C7H18O3SSi. The quantitative estimate of drug-likeness (QED) is 0.525. The van der Waals surface area contributed by atoms with Crippen molar-refractivity contribution in [2.24, 2.45) is 0 Å². The largest absolute Gasteiger partial charge is 0.273 e. The summed E-state index contributed by atoms with van der Waals surface area (Å²) in [6.45, 7) is 9.52. The minimum atomic E-state index is -3.39. The molecule has 0 atom stereocenters. The molecule has 12 heavy (non-hydrogen) atoms. The maximum absolute atomic E-state index is 11.5. The van der Waals surface area contributed by atoms with Crippen molar-refractivity contribution < 1.29 is 12.6 Å². The van der Waals surface area contributed by atoms with Crippen LogP contribution in [-0.4, -0.2) is 28.0 Å². The van der Waals surface area contributed by atoms with E-state index in [-0.39, 0.29) is 0 Å². The Morgan fingerprint density at radius 1 is 1.17 bits per heavy atom. The Morgan fingerprint density at radius 2 is 1.50 bits per heavy atom. The number of hydrogen-bond acceptors (Lipinski definition) is 3. The van der Waals surface area contributed by atoms with Crippen LogP contribution in [0.25, 0.3) is 0 Å². The molecule has 0 aromatic heterocycles. The first-order chi connectivity index (χ1) is 5.06. The highest BCUT2D eigenvalue weighted by Crippen LogP contribution is 2.29. The Balaban J connectivity index is 5.14. The molecule has 0 aromatic carbocycles. The van der Waals surface area contributed by atoms with Crippen LogP contribution in [0.3, 0.4) is 0 Å². The Morgan fingerprint density at radius 3 is 1.58 bits per heavy atom. The van der Waals surface area contributed by atoms with Gasteiger partial charge >= 0.3 is 0 Å². The average Bonchev–Trinajstić information content (AvgIpc) is 1.85. The molecule has 0 bridgehead atoms. The maximum Gasteiger partial charge on any atom is 0.269 e. The van der Waals surface area contributed by atoms with Gasteiger partial charge in [0, 0.05) is 0 Å². The molecule has 0 aliphatic rings. The van der Waals surface area contributed by atoms with Gasteiger partial charge in [0.05, 0.1) is 19.6 Å². The molecule has 0 radical (unpaired) electrons. The highest BCUT2D eigenvalue weighted by molar-refractivity contribution is 7.90. The molecule has 0 amide bonds. The lowest BCUT2D eigenvalue weighted by atomic mass is 10.5. The Bertz CT molecular complexity index is 248. The van der Waals surface area contributed by atoms with Crippen molar-refractivity contribution in [1.29, 1.82) is 0 Å². The second-order valence-corrected chi connectivity index (χ2v) is 12.8. The van der Waals surface area contributed by atoms with E-state index in [2.05, 4.69) is 4.18 Å². The van der Waals surface area contributed by atoms with Crippen LogP contribution in [0.15, 0.2) is 0 Å². The summed E-state index contributed by atoms with van der Waals surface area (Å²) in [7, 11) is -3.93. The van der Waals surface area contributed by atoms with Crippen LogP contribution in [-0.2, 0) is 14.3 Å². The predicted octanol–water partition coefficient (Wildman–Crippen LogP) is 1.62. The topological polar surface area (TPSA) is 43.4 Å². The normalized spacial score (nSPS) is 14.8. The minimum absolute atomic E-state index is 0.727. The minimum Gasteiger partial charge on any atom is -0.273 e. The van der Waals surface area contributed by atoms with E-state index >= 15 is 0 Å². The van der Waals surface area contributed by atoms with Crippen molar-refractivity contribution in [2.75, 3.05) is 7.11 Å². The summed E-state index contributed by atoms with van der Waals surface area (Å²) in [6, 6.07) is 0. The summed E-state index contributed by atoms with van der Waals surface area (Å²) < 4.78 is 26.8. The van der Waals surface area contributed by atoms with Gasteiger partial charge in [-0.3, -0.25) is 4.18 Å². The molecule has 0 aliphatic carbocycles. The van der Waals surface area contributed by atoms with Crippen molar-refractivity contribution in [3.8, 4) is 0 Å². The van der Waals surface area contributed by atoms with Crippen molar-refractivity contribution in [3.05, 3.63) is 0 Å². The molecule has 0 saturated carbocycles. The molecule has 0 spiro atoms. The summed E-state index contributed by atoms with van der Waals surface area (Å²) >= 11 is 0. The van der Waals surface area contributed by atoms with Gasteiger partial charge in [0.1, 0.15) is 0 Å². The van der Waals surface area contributed by atoms with Crippen molar-refractivity contribution in [1.82, 2.24) is 0 Å². The Hall–Kier alpha value is 0.127. The van der Waals surface area contributed by atoms with Gasteiger partial charge in [-0.2, -0.15) is 8.42 Å². The van der Waals surface area contributed by atoms with Gasteiger partial charge in [0.25, 0.3) is 10.1 Å². The van der Waals surface area contributed by atoms with E-state index < -0.39 is 22.6 Å². The van der Waals surface area contributed by atoms with Crippen molar-refractivity contribution in [3.63, 3.8) is 0 Å². The summed E-state index contributed by atoms with van der Waals surface area (Å²) in [5.74, 6) is 0. The average molecular weight is 210 g/mol. The SMILES string of the molecule is COS(=O)(=O)C(C)(C)[Si](C)(C)C. The summed E-state index contributed by atoms with van der Waals surface area (Å²) in [5.41, 5.74) is 0. The summed E-state index contributed by atoms with van der Waals surface area (Å²) in [6.07, 6.45) is 0. The van der Waals surface area contributed by atoms with E-state index in [9.17, 15) is 8.42 Å². The molecular weight excluding hydrogens is 192 g/mol. The molecule has 0 saturated heterocycles. The van der Waals surface area contributed by atoms with Crippen LogP contribution >= 0.6 is 0 Å². The summed E-state index contributed by atoms with van der Waals surface area (Å²) in [4.78, 5) is 0. The van der Waals surface area contributed by atoms with Gasteiger partial charge in [-0.15, -0.1) is 0 Å². The van der Waals surface area contributed by atoms with Crippen LogP contribution in [0, 0.1) is 0 Å². The zero-order chi connectivity index (χ0) is 10.2. The van der Waals surface area contributed by atoms with Crippen LogP contribution in [0.4, 0.5) is 0 Å². The molecule has 0 rings (SSSR count). The van der Waals surface area contributed by atoms with E-state index in [1.165, 1.54) is 7.11 Å². The van der Waals surface area contributed by atoms with Gasteiger partial charge in [-0.25, -0.2) is 0 Å². The second-order valence-electron chi connectivity index (χ2n) is 4.38. The summed E-state index contributed by atoms with van der Waals surface area (Å²) in [5, 5.41) is 0. The third kappa shape index (κ3) is 1.89. The Kier molecular flexibility index (Phi) is 3.15. The van der Waals surface area contributed by atoms with Gasteiger partial charge in [0.15, 0.2) is 0 Å². The maximum atomic E-state index is 11.5. The van der Waals surface area contributed by atoms with Crippen LogP contribution in [0.2, 0.25) is 19.6 Å². The van der Waals surface area contributed by atoms with Crippen LogP contribution < -0.4 is 0 Å². The van der Waals surface area contributed by atoms with E-state index in [1.54, 1.807) is 13.8 Å². The van der Waals surface area contributed by atoms with E-state index in [0.717, 1.165) is 0 Å². The number of rotatable bonds is 3. The number of hydrogen-bond donors (Lipinski definition) is 0. The van der Waals surface area contributed by atoms with Gasteiger partial charge < -0.3 is 0 Å². The fourth-order valence-electron chi connectivity index (χ4n) is 0.583. The fourth-order valence-corrected chi connectivity index (χ4v) is 4.25. The first-order valence-electron chi connectivity index (χ1n) is 3.86. The van der Waals surface area contributed by atoms with E-state index in [4.69, 9.17) is 0 Å². The zero-order valence-electron chi connectivity index (χ0n) is 8.63. The smallest absolute Gasteiger partial charge is 0.269 e. The third-order valence-corrected chi connectivity index (χ3v) is 10.5. The Labute approximate surface area is 76.3 Å². The van der Waals surface area contributed by atoms with Crippen LogP contribution in [0.1, 0.15) is 13.8 Å². The van der Waals surface area contributed by atoms with Gasteiger partial charge in [0.2, 0.25) is 0 Å². The van der Waals surface area contributed by atoms with E-state index in [0.29, 0.717) is 0 Å². The molecule has 0 fully saturated rings. The lowest BCUT2D eigenvalue weighted by Gasteiger charge is -2.34. The van der Waals surface area contributed by atoms with Gasteiger partial charge in [-0.1, -0.05) is 19.6 Å². The second kappa shape index (κ2) is 3.12. The lowest BCUT2D eigenvalue weighted by Crippen LogP contribution is -2.53. The molecule has 0 aromatic rings. The first-order valence-corrected chi connectivity index (χ1v) is 8.77. The molecule has 0 N–H and O–H groups in total. The highest BCUT2D eigenvalue weighted by Gasteiger charge is 2.46. The van der Waals surface area contributed by atoms with Crippen molar-refractivity contribution in [2.45, 2.75) is 37.9 Å². The van der Waals surface area contributed by atoms with Gasteiger partial charge in [-0.05, 0) is 13.8 Å². The molecule has 0 unspecified atom stereocenters. The van der Waals surface area contributed by atoms with Crippen molar-refractivity contribution >= 4 is 18.2 Å². The molecule has 74 valence electrons. The molecule has 3 nitrogen and oxygen atoms in total. The monoisotopic (exact) mass is 210 g/mol. The molecule has 0 aliphatic heterocycles. The standard InChI is InChI=1S/C7H18O3SSi/c1-7(2,12(4,5)6)11(8,9)10-3/h1-6H3. The first kappa shape index (κ1) is 12.1. The van der Waals surface area contributed by atoms with Crippen LogP contribution in [0.5, 0.6) is 0 Å². The fraction of sp³-hybridized carbons (Fsp3) is 1.00.